The number of rotatable bonds is 4. The van der Waals surface area contributed by atoms with E-state index in [-0.39, 0.29) is 5.69 Å². The number of nitro groups is 1. The van der Waals surface area contributed by atoms with Gasteiger partial charge in [0.15, 0.2) is 0 Å². The minimum absolute atomic E-state index is 0.0585. The van der Waals surface area contributed by atoms with Gasteiger partial charge in [0.25, 0.3) is 5.69 Å². The van der Waals surface area contributed by atoms with Gasteiger partial charge in [-0.15, -0.1) is 10.2 Å². The molecule has 1 aromatic carbocycles. The molecule has 0 amide bonds. The number of benzene rings is 1. The Morgan fingerprint density at radius 1 is 1.24 bits per heavy atom. The Hall–Kier alpha value is -2.77. The summed E-state index contributed by atoms with van der Waals surface area (Å²) < 4.78 is 1.45. The number of anilines is 1. The van der Waals surface area contributed by atoms with E-state index in [1.54, 1.807) is 18.3 Å². The summed E-state index contributed by atoms with van der Waals surface area (Å²) in [6.07, 6.45) is 6.80. The highest BCUT2D eigenvalue weighted by Crippen LogP contribution is 2.27. The van der Waals surface area contributed by atoms with Gasteiger partial charge in [-0.3, -0.25) is 10.1 Å². The maximum atomic E-state index is 10.9. The Morgan fingerprint density at radius 2 is 1.95 bits per heavy atom. The summed E-state index contributed by atoms with van der Waals surface area (Å²) in [7, 11) is 0. The zero-order valence-corrected chi connectivity index (χ0v) is 11.3. The number of nitrogens with zero attached hydrogens (tertiary/aromatic N) is 6. The van der Waals surface area contributed by atoms with E-state index in [9.17, 15) is 10.1 Å². The van der Waals surface area contributed by atoms with Crippen LogP contribution in [0, 0.1) is 10.1 Å². The molecule has 8 nitrogen and oxygen atoms in total. The van der Waals surface area contributed by atoms with Crippen molar-refractivity contribution < 1.29 is 4.92 Å². The van der Waals surface area contributed by atoms with Crippen LogP contribution in [0.15, 0.2) is 36.0 Å². The summed E-state index contributed by atoms with van der Waals surface area (Å²) >= 11 is 0. The van der Waals surface area contributed by atoms with Crippen LogP contribution in [0.25, 0.3) is 0 Å². The zero-order chi connectivity index (χ0) is 14.7. The van der Waals surface area contributed by atoms with E-state index in [0.717, 1.165) is 37.2 Å². The van der Waals surface area contributed by atoms with Crippen molar-refractivity contribution in [3.8, 4) is 0 Å². The molecule has 0 radical (unpaired) electrons. The predicted octanol–water partition coefficient (Wildman–Crippen LogP) is 1.67. The van der Waals surface area contributed by atoms with Gasteiger partial charge in [0, 0.05) is 36.5 Å². The van der Waals surface area contributed by atoms with Crippen LogP contribution < -0.4 is 4.90 Å². The van der Waals surface area contributed by atoms with Crippen LogP contribution in [0.3, 0.4) is 0 Å². The third-order valence-electron chi connectivity index (χ3n) is 3.41. The minimum atomic E-state index is -0.399. The number of hydrogen-bond donors (Lipinski definition) is 0. The molecule has 3 rings (SSSR count). The van der Waals surface area contributed by atoms with Crippen LogP contribution in [-0.2, 0) is 0 Å². The first-order valence-electron chi connectivity index (χ1n) is 6.66. The molecule has 0 saturated carbocycles. The molecule has 0 unspecified atom stereocenters. The maximum absolute atomic E-state index is 10.9. The summed E-state index contributed by atoms with van der Waals surface area (Å²) in [6, 6.07) is 4.86. The Bertz CT molecular complexity index is 661. The Labute approximate surface area is 120 Å². The highest BCUT2D eigenvalue weighted by molar-refractivity contribution is 5.89. The lowest BCUT2D eigenvalue weighted by molar-refractivity contribution is -0.384. The van der Waals surface area contributed by atoms with Gasteiger partial charge in [-0.25, -0.2) is 4.68 Å². The van der Waals surface area contributed by atoms with Gasteiger partial charge in [0.2, 0.25) is 0 Å². The fourth-order valence-corrected chi connectivity index (χ4v) is 2.39. The van der Waals surface area contributed by atoms with E-state index in [0.29, 0.717) is 0 Å². The molecule has 1 aliphatic heterocycles. The highest BCUT2D eigenvalue weighted by atomic mass is 16.6. The van der Waals surface area contributed by atoms with Crippen molar-refractivity contribution in [1.82, 2.24) is 14.9 Å². The quantitative estimate of drug-likeness (QED) is 0.484. The molecule has 2 aromatic rings. The van der Waals surface area contributed by atoms with Crippen molar-refractivity contribution in [3.05, 3.63) is 46.5 Å². The molecule has 0 aliphatic carbocycles. The molecular weight excluding hydrogens is 272 g/mol. The van der Waals surface area contributed by atoms with Gasteiger partial charge in [0.1, 0.15) is 12.7 Å². The fraction of sp³-hybridized carbons (Fsp3) is 0.308. The lowest BCUT2D eigenvalue weighted by atomic mass is 10.1. The van der Waals surface area contributed by atoms with Crippen molar-refractivity contribution in [2.24, 2.45) is 5.10 Å². The minimum Gasteiger partial charge on any atom is -0.371 e. The molecule has 0 bridgehead atoms. The molecule has 1 fully saturated rings. The van der Waals surface area contributed by atoms with Gasteiger partial charge in [0.05, 0.1) is 11.1 Å². The summed E-state index contributed by atoms with van der Waals surface area (Å²) in [5.74, 6) is 0. The van der Waals surface area contributed by atoms with Crippen molar-refractivity contribution in [2.45, 2.75) is 12.8 Å². The molecule has 0 N–H and O–H groups in total. The molecule has 1 aromatic heterocycles. The molecular formula is C13H14N6O2. The molecule has 1 saturated heterocycles. The summed E-state index contributed by atoms with van der Waals surface area (Å²) in [5, 5.41) is 22.4. The Morgan fingerprint density at radius 3 is 2.62 bits per heavy atom. The Balaban J connectivity index is 1.97. The van der Waals surface area contributed by atoms with Crippen LogP contribution in [0.2, 0.25) is 0 Å². The van der Waals surface area contributed by atoms with Crippen LogP contribution in [0.1, 0.15) is 18.4 Å². The monoisotopic (exact) mass is 286 g/mol. The van der Waals surface area contributed by atoms with Crippen molar-refractivity contribution in [3.63, 3.8) is 0 Å². The largest absolute Gasteiger partial charge is 0.371 e. The third kappa shape index (κ3) is 2.88. The van der Waals surface area contributed by atoms with Gasteiger partial charge < -0.3 is 4.90 Å². The molecule has 2 heterocycles. The second kappa shape index (κ2) is 5.70. The molecule has 0 spiro atoms. The first-order chi connectivity index (χ1) is 10.2. The normalized spacial score (nSPS) is 15.0. The molecule has 0 atom stereocenters. The molecule has 21 heavy (non-hydrogen) atoms. The van der Waals surface area contributed by atoms with Crippen molar-refractivity contribution >= 4 is 17.6 Å². The van der Waals surface area contributed by atoms with Gasteiger partial charge >= 0.3 is 0 Å². The van der Waals surface area contributed by atoms with E-state index in [2.05, 4.69) is 20.2 Å². The van der Waals surface area contributed by atoms with Crippen molar-refractivity contribution in [2.75, 3.05) is 18.0 Å². The molecule has 108 valence electrons. The average Bonchev–Trinajstić information content (AvgIpc) is 3.18. The maximum Gasteiger partial charge on any atom is 0.270 e. The lowest BCUT2D eigenvalue weighted by Gasteiger charge is -2.19. The number of nitro benzene ring substituents is 1. The van der Waals surface area contributed by atoms with Crippen LogP contribution >= 0.6 is 0 Å². The topological polar surface area (TPSA) is 89.5 Å². The first kappa shape index (κ1) is 13.2. The second-order valence-corrected chi connectivity index (χ2v) is 4.78. The lowest BCUT2D eigenvalue weighted by Crippen LogP contribution is -2.19. The van der Waals surface area contributed by atoms with E-state index in [1.807, 2.05) is 0 Å². The van der Waals surface area contributed by atoms with Gasteiger partial charge in [-0.2, -0.15) is 5.10 Å². The Kier molecular flexibility index (Phi) is 3.59. The SMILES string of the molecule is O=[N+]([O-])c1ccc(N2CCCC2)c(/C=N/n2cnnc2)c1. The van der Waals surface area contributed by atoms with E-state index < -0.39 is 4.92 Å². The van der Waals surface area contributed by atoms with Crippen molar-refractivity contribution in [1.29, 1.82) is 0 Å². The number of non-ortho nitro benzene ring substituents is 1. The molecule has 8 heteroatoms. The number of hydrogen-bond acceptors (Lipinski definition) is 6. The fourth-order valence-electron chi connectivity index (χ4n) is 2.39. The summed E-state index contributed by atoms with van der Waals surface area (Å²) in [5.41, 5.74) is 1.75. The van der Waals surface area contributed by atoms with E-state index in [1.165, 1.54) is 23.4 Å². The zero-order valence-electron chi connectivity index (χ0n) is 11.3. The van der Waals surface area contributed by atoms with Crippen LogP contribution in [0.4, 0.5) is 11.4 Å². The second-order valence-electron chi connectivity index (χ2n) is 4.78. The van der Waals surface area contributed by atoms with E-state index >= 15 is 0 Å². The summed E-state index contributed by atoms with van der Waals surface area (Å²) in [4.78, 5) is 12.8. The summed E-state index contributed by atoms with van der Waals surface area (Å²) in [6.45, 7) is 1.93. The van der Waals surface area contributed by atoms with Gasteiger partial charge in [-0.05, 0) is 18.9 Å². The molecule has 1 aliphatic rings. The third-order valence-corrected chi connectivity index (χ3v) is 3.41. The average molecular weight is 286 g/mol. The van der Waals surface area contributed by atoms with Gasteiger partial charge in [-0.1, -0.05) is 0 Å². The predicted molar refractivity (Wildman–Crippen MR) is 77.6 cm³/mol. The first-order valence-corrected chi connectivity index (χ1v) is 6.66. The highest BCUT2D eigenvalue weighted by Gasteiger charge is 2.17. The van der Waals surface area contributed by atoms with Crippen LogP contribution in [0.5, 0.6) is 0 Å². The number of aromatic nitrogens is 3. The standard InChI is InChI=1S/C13H14N6O2/c20-19(21)12-3-4-13(17-5-1-2-6-17)11(7-12)8-16-18-9-14-15-10-18/h3-4,7-10H,1-2,5-6H2/b16-8+. The van der Waals surface area contributed by atoms with Crippen LogP contribution in [-0.4, -0.2) is 39.1 Å². The smallest absolute Gasteiger partial charge is 0.270 e. The van der Waals surface area contributed by atoms with E-state index in [4.69, 9.17) is 0 Å².